The molecule has 1 saturated heterocycles. The molecule has 0 unspecified atom stereocenters. The lowest BCUT2D eigenvalue weighted by molar-refractivity contribution is 0.252. The molecule has 1 aliphatic heterocycles. The van der Waals surface area contributed by atoms with Gasteiger partial charge in [-0.15, -0.1) is 23.7 Å². The van der Waals surface area contributed by atoms with Crippen LogP contribution < -0.4 is 4.90 Å². The molecule has 4 rings (SSSR count). The van der Waals surface area contributed by atoms with Gasteiger partial charge in [0.05, 0.1) is 5.39 Å². The Bertz CT molecular complexity index is 679. The Morgan fingerprint density at radius 2 is 1.91 bits per heavy atom. The minimum atomic E-state index is 0. The molecule has 126 valence electrons. The molecule has 2 aliphatic rings. The molecule has 2 aromatic rings. The van der Waals surface area contributed by atoms with Crippen LogP contribution in [0.4, 0.5) is 5.82 Å². The highest BCUT2D eigenvalue weighted by molar-refractivity contribution is 7.19. The summed E-state index contributed by atoms with van der Waals surface area (Å²) in [5.74, 6) is 1.17. The molecule has 1 fully saturated rings. The van der Waals surface area contributed by atoms with E-state index in [-0.39, 0.29) is 12.4 Å². The normalized spacial score (nSPS) is 19.4. The molecule has 23 heavy (non-hydrogen) atoms. The lowest BCUT2D eigenvalue weighted by Crippen LogP contribution is -2.42. The zero-order valence-corrected chi connectivity index (χ0v) is 15.5. The fourth-order valence-electron chi connectivity index (χ4n) is 3.90. The second kappa shape index (κ2) is 6.91. The minimum absolute atomic E-state index is 0. The molecule has 3 heterocycles. The maximum atomic E-state index is 4.69. The van der Waals surface area contributed by atoms with Gasteiger partial charge < -0.3 is 9.80 Å². The molecule has 0 bridgehead atoms. The average Bonchev–Trinajstić information content (AvgIpc) is 2.93. The highest BCUT2D eigenvalue weighted by atomic mass is 35.5. The van der Waals surface area contributed by atoms with E-state index in [1.165, 1.54) is 67.6 Å². The van der Waals surface area contributed by atoms with E-state index in [4.69, 9.17) is 0 Å². The number of hydrogen-bond acceptors (Lipinski definition) is 5. The van der Waals surface area contributed by atoms with Crippen molar-refractivity contribution in [2.24, 2.45) is 0 Å². The quantitative estimate of drug-likeness (QED) is 0.827. The summed E-state index contributed by atoms with van der Waals surface area (Å²) >= 11 is 1.89. The Morgan fingerprint density at radius 1 is 1.17 bits per heavy atom. The zero-order valence-electron chi connectivity index (χ0n) is 13.9. The second-order valence-corrected chi connectivity index (χ2v) is 7.82. The van der Waals surface area contributed by atoms with E-state index >= 15 is 0 Å². The van der Waals surface area contributed by atoms with Crippen molar-refractivity contribution in [2.45, 2.75) is 44.6 Å². The fraction of sp³-hybridized carbons (Fsp3) is 0.647. The van der Waals surface area contributed by atoms with Crippen molar-refractivity contribution in [3.63, 3.8) is 0 Å². The van der Waals surface area contributed by atoms with Crippen molar-refractivity contribution in [1.29, 1.82) is 0 Å². The van der Waals surface area contributed by atoms with Crippen LogP contribution in [0.3, 0.4) is 0 Å². The van der Waals surface area contributed by atoms with Crippen LogP contribution in [0.15, 0.2) is 6.33 Å². The summed E-state index contributed by atoms with van der Waals surface area (Å²) in [5, 5.41) is 1.35. The van der Waals surface area contributed by atoms with Gasteiger partial charge in [0.25, 0.3) is 0 Å². The van der Waals surface area contributed by atoms with Gasteiger partial charge in [0.15, 0.2) is 0 Å². The molecule has 0 N–H and O–H groups in total. The summed E-state index contributed by atoms with van der Waals surface area (Å²) < 4.78 is 0. The summed E-state index contributed by atoms with van der Waals surface area (Å²) in [5.41, 5.74) is 1.54. The van der Waals surface area contributed by atoms with Gasteiger partial charge in [-0.2, -0.15) is 0 Å². The number of likely N-dealkylation sites (tertiary alicyclic amines) is 1. The van der Waals surface area contributed by atoms with Crippen molar-refractivity contribution in [2.75, 3.05) is 32.1 Å². The van der Waals surface area contributed by atoms with Gasteiger partial charge in [-0.25, -0.2) is 9.97 Å². The van der Waals surface area contributed by atoms with E-state index in [0.717, 1.165) is 0 Å². The van der Waals surface area contributed by atoms with Crippen LogP contribution >= 0.6 is 23.7 Å². The molecule has 2 aromatic heterocycles. The summed E-state index contributed by atoms with van der Waals surface area (Å²) in [7, 11) is 4.44. The van der Waals surface area contributed by atoms with E-state index in [0.29, 0.717) is 6.04 Å². The third-order valence-corrected chi connectivity index (χ3v) is 6.50. The number of aromatic nitrogens is 2. The predicted molar refractivity (Wildman–Crippen MR) is 100 cm³/mol. The summed E-state index contributed by atoms with van der Waals surface area (Å²) in [4.78, 5) is 16.8. The van der Waals surface area contributed by atoms with Gasteiger partial charge in [0, 0.05) is 18.0 Å². The molecule has 0 spiro atoms. The topological polar surface area (TPSA) is 32.3 Å². The Hall–Kier alpha value is -0.910. The van der Waals surface area contributed by atoms with Crippen molar-refractivity contribution in [3.8, 4) is 0 Å². The maximum Gasteiger partial charge on any atom is 0.141 e. The smallest absolute Gasteiger partial charge is 0.141 e. The lowest BCUT2D eigenvalue weighted by Gasteiger charge is -2.36. The largest absolute Gasteiger partial charge is 0.356 e. The van der Waals surface area contributed by atoms with Crippen molar-refractivity contribution >= 4 is 39.8 Å². The number of hydrogen-bond donors (Lipinski definition) is 0. The van der Waals surface area contributed by atoms with Crippen LogP contribution in [0.5, 0.6) is 0 Å². The van der Waals surface area contributed by atoms with E-state index in [1.54, 1.807) is 16.8 Å². The molecule has 0 amide bonds. The van der Waals surface area contributed by atoms with Gasteiger partial charge in [0.1, 0.15) is 17.0 Å². The highest BCUT2D eigenvalue weighted by Gasteiger charge is 2.26. The van der Waals surface area contributed by atoms with Gasteiger partial charge in [0.2, 0.25) is 0 Å². The van der Waals surface area contributed by atoms with E-state index in [2.05, 4.69) is 33.9 Å². The first-order valence-corrected chi connectivity index (χ1v) is 9.22. The number of piperidine rings is 1. The molecule has 6 heteroatoms. The SMILES string of the molecule is CN1CCC(N(C)c2ncnc3sc4c(c23)CCCC4)CC1.Cl. The van der Waals surface area contributed by atoms with Crippen LogP contribution in [0.1, 0.15) is 36.1 Å². The average molecular weight is 353 g/mol. The van der Waals surface area contributed by atoms with E-state index in [9.17, 15) is 0 Å². The van der Waals surface area contributed by atoms with E-state index in [1.807, 2.05) is 11.3 Å². The molecular weight excluding hydrogens is 328 g/mol. The third-order valence-electron chi connectivity index (χ3n) is 5.30. The van der Waals surface area contributed by atoms with Gasteiger partial charge in [-0.1, -0.05) is 0 Å². The lowest BCUT2D eigenvalue weighted by atomic mass is 9.96. The molecule has 0 radical (unpaired) electrons. The number of anilines is 1. The standard InChI is InChI=1S/C17H24N4S.ClH/c1-20-9-7-12(8-10-20)21(2)16-15-13-5-3-4-6-14(13)22-17(15)19-11-18-16;/h11-12H,3-10H2,1-2H3;1H. The molecule has 0 saturated carbocycles. The Morgan fingerprint density at radius 3 is 2.70 bits per heavy atom. The van der Waals surface area contributed by atoms with Crippen LogP contribution in [0.2, 0.25) is 0 Å². The number of thiophene rings is 1. The Labute approximate surface area is 148 Å². The van der Waals surface area contributed by atoms with Gasteiger partial charge in [-0.05, 0) is 64.2 Å². The summed E-state index contributed by atoms with van der Waals surface area (Å²) in [6.45, 7) is 2.37. The van der Waals surface area contributed by atoms with Crippen LogP contribution in [0.25, 0.3) is 10.2 Å². The summed E-state index contributed by atoms with van der Waals surface area (Å²) in [6, 6.07) is 0.605. The molecule has 0 atom stereocenters. The molecule has 1 aliphatic carbocycles. The van der Waals surface area contributed by atoms with Gasteiger partial charge >= 0.3 is 0 Å². The fourth-order valence-corrected chi connectivity index (χ4v) is 5.12. The zero-order chi connectivity index (χ0) is 15.1. The number of fused-ring (bicyclic) bond motifs is 3. The first-order valence-electron chi connectivity index (χ1n) is 8.40. The molecule has 0 aromatic carbocycles. The number of aryl methyl sites for hydroxylation is 2. The maximum absolute atomic E-state index is 4.69. The third kappa shape index (κ3) is 3.06. The van der Waals surface area contributed by atoms with Crippen LogP contribution in [-0.2, 0) is 12.8 Å². The van der Waals surface area contributed by atoms with Crippen molar-refractivity contribution in [1.82, 2.24) is 14.9 Å². The number of nitrogens with zero attached hydrogens (tertiary/aromatic N) is 4. The van der Waals surface area contributed by atoms with E-state index < -0.39 is 0 Å². The monoisotopic (exact) mass is 352 g/mol. The minimum Gasteiger partial charge on any atom is -0.356 e. The number of rotatable bonds is 2. The first-order chi connectivity index (χ1) is 10.7. The second-order valence-electron chi connectivity index (χ2n) is 6.73. The number of halogens is 1. The molecule has 4 nitrogen and oxygen atoms in total. The van der Waals surface area contributed by atoms with Gasteiger partial charge in [-0.3, -0.25) is 0 Å². The van der Waals surface area contributed by atoms with Crippen LogP contribution in [-0.4, -0.2) is 48.1 Å². The van der Waals surface area contributed by atoms with Crippen molar-refractivity contribution in [3.05, 3.63) is 16.8 Å². The highest BCUT2D eigenvalue weighted by Crippen LogP contribution is 2.39. The first kappa shape index (κ1) is 16.9. The Kier molecular flexibility index (Phi) is 5.09. The summed E-state index contributed by atoms with van der Waals surface area (Å²) in [6.07, 6.45) is 9.28. The Balaban J connectivity index is 0.00000156. The van der Waals surface area contributed by atoms with Crippen LogP contribution in [0, 0.1) is 0 Å². The predicted octanol–water partition coefficient (Wildman–Crippen LogP) is 3.52. The molecular formula is C17H25ClN4S. The van der Waals surface area contributed by atoms with Crippen molar-refractivity contribution < 1.29 is 0 Å².